The molecule has 8 heteroatoms. The number of benzene rings is 1. The monoisotopic (exact) mass is 487 g/mol. The number of aromatic nitrogens is 2. The number of hydrogen-bond donors (Lipinski definition) is 2. The minimum atomic E-state index is 0. The van der Waals surface area contributed by atoms with Gasteiger partial charge in [-0.1, -0.05) is 0 Å². The van der Waals surface area contributed by atoms with Crippen LogP contribution in [0.2, 0.25) is 0 Å². The van der Waals surface area contributed by atoms with E-state index >= 15 is 0 Å². The average Bonchev–Trinajstić information content (AvgIpc) is 3.15. The third kappa shape index (κ3) is 8.17. The first-order valence-corrected chi connectivity index (χ1v) is 9.05. The predicted octanol–water partition coefficient (Wildman–Crippen LogP) is 2.98. The van der Waals surface area contributed by atoms with Gasteiger partial charge in [0.2, 0.25) is 0 Å². The molecule has 0 aliphatic rings. The summed E-state index contributed by atoms with van der Waals surface area (Å²) in [6.07, 6.45) is 2.89. The topological polar surface area (TPSA) is 72.7 Å². The van der Waals surface area contributed by atoms with Crippen molar-refractivity contribution in [2.75, 3.05) is 33.4 Å². The number of aliphatic imine (C=N–C) groups is 1. The van der Waals surface area contributed by atoms with Gasteiger partial charge in [-0.25, -0.2) is 9.67 Å². The minimum absolute atomic E-state index is 0. The highest BCUT2D eigenvalue weighted by atomic mass is 127. The van der Waals surface area contributed by atoms with Gasteiger partial charge < -0.3 is 20.1 Å². The van der Waals surface area contributed by atoms with Gasteiger partial charge >= 0.3 is 0 Å². The van der Waals surface area contributed by atoms with Crippen molar-refractivity contribution in [1.82, 2.24) is 20.4 Å². The van der Waals surface area contributed by atoms with E-state index in [1.165, 1.54) is 0 Å². The minimum Gasteiger partial charge on any atom is -0.497 e. The van der Waals surface area contributed by atoms with Crippen LogP contribution >= 0.6 is 24.0 Å². The summed E-state index contributed by atoms with van der Waals surface area (Å²) in [5, 5.41) is 11.1. The Morgan fingerprint density at radius 3 is 2.59 bits per heavy atom. The van der Waals surface area contributed by atoms with Crippen LogP contribution in [0.3, 0.4) is 0 Å². The average molecular weight is 487 g/mol. The summed E-state index contributed by atoms with van der Waals surface area (Å²) in [6, 6.07) is 9.77. The lowest BCUT2D eigenvalue weighted by Gasteiger charge is -2.10. The molecule has 0 atom stereocenters. The molecule has 2 rings (SSSR count). The van der Waals surface area contributed by atoms with Gasteiger partial charge in [-0.05, 0) is 50.6 Å². The molecule has 0 radical (unpaired) electrons. The van der Waals surface area contributed by atoms with Crippen molar-refractivity contribution in [3.63, 3.8) is 0 Å². The summed E-state index contributed by atoms with van der Waals surface area (Å²) < 4.78 is 12.4. The number of guanidine groups is 1. The van der Waals surface area contributed by atoms with Crippen molar-refractivity contribution in [2.45, 2.75) is 26.8 Å². The lowest BCUT2D eigenvalue weighted by molar-refractivity contribution is 0.145. The highest BCUT2D eigenvalue weighted by molar-refractivity contribution is 14.0. The Morgan fingerprint density at radius 2 is 1.93 bits per heavy atom. The zero-order valence-electron chi connectivity index (χ0n) is 16.3. The normalized spacial score (nSPS) is 11.0. The van der Waals surface area contributed by atoms with Crippen LogP contribution in [0.1, 0.15) is 26.0 Å². The van der Waals surface area contributed by atoms with E-state index < -0.39 is 0 Å². The number of halogens is 1. The van der Waals surface area contributed by atoms with Crippen LogP contribution in [-0.2, 0) is 11.3 Å². The molecule has 0 aliphatic heterocycles. The first-order chi connectivity index (χ1) is 12.8. The fourth-order valence-corrected chi connectivity index (χ4v) is 2.35. The molecule has 1 aromatic carbocycles. The van der Waals surface area contributed by atoms with Gasteiger partial charge in [0.1, 0.15) is 5.75 Å². The molecule has 2 N–H and O–H groups in total. The highest BCUT2D eigenvalue weighted by Gasteiger charge is 2.03. The fourth-order valence-electron chi connectivity index (χ4n) is 2.35. The Balaban J connectivity index is 0.00000364. The molecule has 150 valence electrons. The van der Waals surface area contributed by atoms with Crippen molar-refractivity contribution in [3.8, 4) is 11.4 Å². The Bertz CT molecular complexity index is 673. The number of ether oxygens (including phenoxy) is 2. The van der Waals surface area contributed by atoms with E-state index in [1.54, 1.807) is 7.11 Å². The summed E-state index contributed by atoms with van der Waals surface area (Å²) in [5.41, 5.74) is 1.90. The van der Waals surface area contributed by atoms with Gasteiger partial charge in [0, 0.05) is 32.5 Å². The van der Waals surface area contributed by atoms with Crippen molar-refractivity contribution in [1.29, 1.82) is 0 Å². The second kappa shape index (κ2) is 13.4. The third-order valence-corrected chi connectivity index (χ3v) is 3.69. The Kier molecular flexibility index (Phi) is 11.5. The van der Waals surface area contributed by atoms with Crippen LogP contribution in [0.5, 0.6) is 5.75 Å². The molecule has 0 unspecified atom stereocenters. The Labute approximate surface area is 178 Å². The van der Waals surface area contributed by atoms with Crippen LogP contribution < -0.4 is 15.4 Å². The predicted molar refractivity (Wildman–Crippen MR) is 119 cm³/mol. The summed E-state index contributed by atoms with van der Waals surface area (Å²) in [6.45, 7) is 7.73. The second-order valence-electron chi connectivity index (χ2n) is 5.62. The zero-order valence-corrected chi connectivity index (χ0v) is 18.6. The van der Waals surface area contributed by atoms with Gasteiger partial charge in [0.15, 0.2) is 5.96 Å². The van der Waals surface area contributed by atoms with Crippen LogP contribution in [0, 0.1) is 0 Å². The highest BCUT2D eigenvalue weighted by Crippen LogP contribution is 2.14. The van der Waals surface area contributed by atoms with Crippen LogP contribution in [-0.4, -0.2) is 49.2 Å². The van der Waals surface area contributed by atoms with Gasteiger partial charge in [-0.15, -0.1) is 24.0 Å². The zero-order chi connectivity index (χ0) is 18.6. The summed E-state index contributed by atoms with van der Waals surface area (Å²) in [7, 11) is 1.66. The standard InChI is InChI=1S/C19H29N5O2.HI/c1-4-20-19(21-12-6-14-26-5-2)22-15-16-11-13-24(23-16)17-7-9-18(25-3)10-8-17;/h7-11,13H,4-6,12,14-15H2,1-3H3,(H2,20,21,22);1H. The van der Waals surface area contributed by atoms with Crippen molar-refractivity contribution < 1.29 is 9.47 Å². The van der Waals surface area contributed by atoms with E-state index in [4.69, 9.17) is 9.47 Å². The molecule has 2 aromatic rings. The van der Waals surface area contributed by atoms with Crippen LogP contribution in [0.15, 0.2) is 41.5 Å². The Morgan fingerprint density at radius 1 is 1.15 bits per heavy atom. The van der Waals surface area contributed by atoms with Gasteiger partial charge in [-0.2, -0.15) is 5.10 Å². The van der Waals surface area contributed by atoms with Gasteiger partial charge in [0.05, 0.1) is 25.0 Å². The third-order valence-electron chi connectivity index (χ3n) is 3.69. The largest absolute Gasteiger partial charge is 0.497 e. The van der Waals surface area contributed by atoms with Gasteiger partial charge in [-0.3, -0.25) is 0 Å². The van der Waals surface area contributed by atoms with E-state index in [0.29, 0.717) is 6.54 Å². The second-order valence-corrected chi connectivity index (χ2v) is 5.62. The van der Waals surface area contributed by atoms with Crippen molar-refractivity contribution in [3.05, 3.63) is 42.2 Å². The van der Waals surface area contributed by atoms with Crippen molar-refractivity contribution in [2.24, 2.45) is 4.99 Å². The number of methoxy groups -OCH3 is 1. The molecular formula is C19H30IN5O2. The molecule has 0 saturated carbocycles. The maximum absolute atomic E-state index is 5.34. The number of hydrogen-bond acceptors (Lipinski definition) is 4. The first-order valence-electron chi connectivity index (χ1n) is 9.05. The molecule has 1 heterocycles. The summed E-state index contributed by atoms with van der Waals surface area (Å²) in [5.74, 6) is 1.62. The SMILES string of the molecule is CCNC(=NCc1ccn(-c2ccc(OC)cc2)n1)NCCCOCC.I. The van der Waals surface area contributed by atoms with E-state index in [9.17, 15) is 0 Å². The van der Waals surface area contributed by atoms with E-state index in [0.717, 1.165) is 55.8 Å². The van der Waals surface area contributed by atoms with E-state index in [2.05, 4.69) is 27.6 Å². The number of nitrogens with one attached hydrogen (secondary N) is 2. The van der Waals surface area contributed by atoms with E-state index in [1.807, 2.05) is 48.1 Å². The first kappa shape index (κ1) is 23.2. The van der Waals surface area contributed by atoms with Crippen LogP contribution in [0.4, 0.5) is 0 Å². The number of rotatable bonds is 10. The summed E-state index contributed by atoms with van der Waals surface area (Å²) in [4.78, 5) is 4.59. The smallest absolute Gasteiger partial charge is 0.191 e. The molecule has 0 aliphatic carbocycles. The lowest BCUT2D eigenvalue weighted by Crippen LogP contribution is -2.38. The van der Waals surface area contributed by atoms with Gasteiger partial charge in [0.25, 0.3) is 0 Å². The van der Waals surface area contributed by atoms with Crippen molar-refractivity contribution >= 4 is 29.9 Å². The lowest BCUT2D eigenvalue weighted by atomic mass is 10.3. The molecule has 0 fully saturated rings. The quantitative estimate of drug-likeness (QED) is 0.233. The molecule has 0 amide bonds. The molecule has 0 saturated heterocycles. The molecular weight excluding hydrogens is 457 g/mol. The molecule has 0 spiro atoms. The molecule has 27 heavy (non-hydrogen) atoms. The van der Waals surface area contributed by atoms with E-state index in [-0.39, 0.29) is 24.0 Å². The maximum atomic E-state index is 5.34. The molecule has 7 nitrogen and oxygen atoms in total. The number of nitrogens with zero attached hydrogens (tertiary/aromatic N) is 3. The Hall–Kier alpha value is -1.81. The fraction of sp³-hybridized carbons (Fsp3) is 0.474. The van der Waals surface area contributed by atoms with Crippen LogP contribution in [0.25, 0.3) is 5.69 Å². The molecule has 0 bridgehead atoms. The summed E-state index contributed by atoms with van der Waals surface area (Å²) >= 11 is 0. The molecule has 1 aromatic heterocycles. The maximum Gasteiger partial charge on any atom is 0.191 e.